The summed E-state index contributed by atoms with van der Waals surface area (Å²) in [5.41, 5.74) is 0.880. The van der Waals surface area contributed by atoms with Crippen molar-refractivity contribution in [1.29, 1.82) is 0 Å². The number of rotatable bonds is 8. The molecule has 8 heteroatoms. The van der Waals surface area contributed by atoms with E-state index in [1.807, 2.05) is 48.7 Å². The number of anilines is 1. The van der Waals surface area contributed by atoms with E-state index < -0.39 is 0 Å². The van der Waals surface area contributed by atoms with Gasteiger partial charge in [0.2, 0.25) is 0 Å². The van der Waals surface area contributed by atoms with Gasteiger partial charge in [0, 0.05) is 37.1 Å². The molecule has 4 rings (SSSR count). The van der Waals surface area contributed by atoms with Crippen LogP contribution in [0.4, 0.5) is 5.13 Å². The molecule has 0 N–H and O–H groups in total. The second-order valence-corrected chi connectivity index (χ2v) is 8.84. The Balaban J connectivity index is 1.56. The molecular formula is C22H25N3O3S2. The highest BCUT2D eigenvalue weighted by Crippen LogP contribution is 2.32. The zero-order chi connectivity index (χ0) is 20.8. The Bertz CT molecular complexity index is 994. The first-order chi connectivity index (χ1) is 14.7. The molecule has 0 spiro atoms. The number of morpholine rings is 1. The van der Waals surface area contributed by atoms with Crippen LogP contribution in [-0.4, -0.2) is 61.8 Å². The maximum atomic E-state index is 13.1. The molecule has 158 valence electrons. The van der Waals surface area contributed by atoms with Crippen molar-refractivity contribution >= 4 is 50.0 Å². The molecule has 0 radical (unpaired) electrons. The van der Waals surface area contributed by atoms with E-state index in [0.29, 0.717) is 18.3 Å². The van der Waals surface area contributed by atoms with Crippen LogP contribution >= 0.6 is 22.7 Å². The fraction of sp³-hybridized carbons (Fsp3) is 0.364. The number of aromatic nitrogens is 1. The van der Waals surface area contributed by atoms with Crippen LogP contribution in [0.2, 0.25) is 0 Å². The molecule has 0 unspecified atom stereocenters. The number of hydrogen-bond acceptors (Lipinski definition) is 7. The van der Waals surface area contributed by atoms with E-state index in [1.165, 1.54) is 11.3 Å². The maximum Gasteiger partial charge on any atom is 0.252 e. The molecule has 0 atom stereocenters. The van der Waals surface area contributed by atoms with Gasteiger partial charge in [0.15, 0.2) is 5.13 Å². The first-order valence-electron chi connectivity index (χ1n) is 10.1. The molecule has 1 fully saturated rings. The molecule has 1 saturated heterocycles. The van der Waals surface area contributed by atoms with Crippen LogP contribution in [0.25, 0.3) is 16.3 Å². The van der Waals surface area contributed by atoms with Crippen LogP contribution in [0.3, 0.4) is 0 Å². The summed E-state index contributed by atoms with van der Waals surface area (Å²) in [7, 11) is 0. The van der Waals surface area contributed by atoms with Crippen molar-refractivity contribution in [3.8, 4) is 5.75 Å². The van der Waals surface area contributed by atoms with E-state index in [-0.39, 0.29) is 5.91 Å². The zero-order valence-electron chi connectivity index (χ0n) is 17.0. The van der Waals surface area contributed by atoms with Crippen LogP contribution in [0, 0.1) is 0 Å². The van der Waals surface area contributed by atoms with E-state index in [4.69, 9.17) is 14.5 Å². The van der Waals surface area contributed by atoms with E-state index in [9.17, 15) is 4.79 Å². The smallest absolute Gasteiger partial charge is 0.252 e. The quantitative estimate of drug-likeness (QED) is 0.490. The minimum absolute atomic E-state index is 0.0549. The molecule has 3 heterocycles. The highest BCUT2D eigenvalue weighted by atomic mass is 32.1. The van der Waals surface area contributed by atoms with E-state index in [0.717, 1.165) is 53.7 Å². The monoisotopic (exact) mass is 443 g/mol. The predicted molar refractivity (Wildman–Crippen MR) is 124 cm³/mol. The van der Waals surface area contributed by atoms with Gasteiger partial charge >= 0.3 is 0 Å². The first-order valence-corrected chi connectivity index (χ1v) is 11.8. The fourth-order valence-electron chi connectivity index (χ4n) is 3.26. The van der Waals surface area contributed by atoms with Gasteiger partial charge in [0.1, 0.15) is 5.75 Å². The fourth-order valence-corrected chi connectivity index (χ4v) is 4.90. The Hall–Kier alpha value is -2.26. The van der Waals surface area contributed by atoms with Gasteiger partial charge in [-0.3, -0.25) is 14.6 Å². The highest BCUT2D eigenvalue weighted by Gasteiger charge is 2.20. The van der Waals surface area contributed by atoms with Gasteiger partial charge in [-0.25, -0.2) is 4.98 Å². The van der Waals surface area contributed by atoms with E-state index in [2.05, 4.69) is 4.90 Å². The zero-order valence-corrected chi connectivity index (χ0v) is 18.6. The SMILES string of the molecule is CCOc1ccc2nc(N(CCN3CCOCC3)C(=O)C=Cc3cccs3)sc2c1. The molecule has 0 aliphatic carbocycles. The van der Waals surface area contributed by atoms with Crippen molar-refractivity contribution in [1.82, 2.24) is 9.88 Å². The lowest BCUT2D eigenvalue weighted by molar-refractivity contribution is -0.114. The third kappa shape index (κ3) is 5.26. The largest absolute Gasteiger partial charge is 0.494 e. The molecule has 1 amide bonds. The molecule has 30 heavy (non-hydrogen) atoms. The number of thiophene rings is 1. The summed E-state index contributed by atoms with van der Waals surface area (Å²) >= 11 is 3.14. The minimum atomic E-state index is -0.0549. The predicted octanol–water partition coefficient (Wildman–Crippen LogP) is 4.14. The topological polar surface area (TPSA) is 54.9 Å². The Labute approximate surface area is 184 Å². The molecular weight excluding hydrogens is 418 g/mol. The second kappa shape index (κ2) is 10.2. The molecule has 1 aliphatic heterocycles. The van der Waals surface area contributed by atoms with Gasteiger partial charge in [-0.1, -0.05) is 17.4 Å². The molecule has 1 aliphatic rings. The third-order valence-corrected chi connectivity index (χ3v) is 6.71. The Morgan fingerprint density at radius 2 is 2.20 bits per heavy atom. The summed E-state index contributed by atoms with van der Waals surface area (Å²) in [6, 6.07) is 9.85. The number of ether oxygens (including phenoxy) is 2. The summed E-state index contributed by atoms with van der Waals surface area (Å²) < 4.78 is 12.1. The van der Waals surface area contributed by atoms with Crippen LogP contribution in [-0.2, 0) is 9.53 Å². The number of benzene rings is 1. The summed E-state index contributed by atoms with van der Waals surface area (Å²) in [6.07, 6.45) is 3.51. The number of amides is 1. The Morgan fingerprint density at radius 1 is 1.33 bits per heavy atom. The van der Waals surface area contributed by atoms with Gasteiger partial charge in [-0.15, -0.1) is 11.3 Å². The maximum absolute atomic E-state index is 13.1. The van der Waals surface area contributed by atoms with Crippen LogP contribution < -0.4 is 9.64 Å². The number of thiazole rings is 1. The highest BCUT2D eigenvalue weighted by molar-refractivity contribution is 7.22. The van der Waals surface area contributed by atoms with Crippen LogP contribution in [0.5, 0.6) is 5.75 Å². The van der Waals surface area contributed by atoms with E-state index >= 15 is 0 Å². The lowest BCUT2D eigenvalue weighted by atomic mass is 10.3. The van der Waals surface area contributed by atoms with Gasteiger partial charge in [-0.2, -0.15) is 0 Å². The molecule has 1 aromatic carbocycles. The standard InChI is InChI=1S/C22H25N3O3S2/c1-2-28-17-5-7-19-20(16-17)30-22(23-19)25(10-9-24-11-13-27-14-12-24)21(26)8-6-18-4-3-15-29-18/h3-8,15-16H,2,9-14H2,1H3. The third-order valence-electron chi connectivity index (χ3n) is 4.83. The minimum Gasteiger partial charge on any atom is -0.494 e. The number of nitrogens with zero attached hydrogens (tertiary/aromatic N) is 3. The van der Waals surface area contributed by atoms with Crippen molar-refractivity contribution in [2.45, 2.75) is 6.92 Å². The van der Waals surface area contributed by atoms with Crippen molar-refractivity contribution < 1.29 is 14.3 Å². The Morgan fingerprint density at radius 3 is 2.97 bits per heavy atom. The summed E-state index contributed by atoms with van der Waals surface area (Å²) in [6.45, 7) is 7.24. The summed E-state index contributed by atoms with van der Waals surface area (Å²) in [5.74, 6) is 0.768. The first kappa shape index (κ1) is 21.0. The lowest BCUT2D eigenvalue weighted by Gasteiger charge is -2.28. The second-order valence-electron chi connectivity index (χ2n) is 6.85. The number of carbonyl (C=O) groups excluding carboxylic acids is 1. The number of carbonyl (C=O) groups is 1. The van der Waals surface area contributed by atoms with Gasteiger partial charge < -0.3 is 9.47 Å². The summed E-state index contributed by atoms with van der Waals surface area (Å²) in [5, 5.41) is 2.72. The van der Waals surface area contributed by atoms with Crippen molar-refractivity contribution in [2.24, 2.45) is 0 Å². The van der Waals surface area contributed by atoms with Crippen molar-refractivity contribution in [3.63, 3.8) is 0 Å². The lowest BCUT2D eigenvalue weighted by Crippen LogP contribution is -2.42. The van der Waals surface area contributed by atoms with Crippen molar-refractivity contribution in [3.05, 3.63) is 46.7 Å². The average Bonchev–Trinajstić information content (AvgIpc) is 3.43. The molecule has 0 saturated carbocycles. The Kier molecular flexibility index (Phi) is 7.11. The van der Waals surface area contributed by atoms with Crippen LogP contribution in [0.1, 0.15) is 11.8 Å². The van der Waals surface area contributed by atoms with Gasteiger partial charge in [0.25, 0.3) is 5.91 Å². The van der Waals surface area contributed by atoms with Gasteiger partial charge in [-0.05, 0) is 42.6 Å². The normalized spacial score (nSPS) is 15.1. The molecule has 2 aromatic heterocycles. The summed E-state index contributed by atoms with van der Waals surface area (Å²) in [4.78, 5) is 23.0. The molecule has 6 nitrogen and oxygen atoms in total. The molecule has 0 bridgehead atoms. The van der Waals surface area contributed by atoms with E-state index in [1.54, 1.807) is 22.3 Å². The number of hydrogen-bond donors (Lipinski definition) is 0. The molecule has 3 aromatic rings. The number of fused-ring (bicyclic) bond motifs is 1. The van der Waals surface area contributed by atoms with Crippen LogP contribution in [0.15, 0.2) is 41.8 Å². The van der Waals surface area contributed by atoms with Crippen molar-refractivity contribution in [2.75, 3.05) is 50.9 Å². The van der Waals surface area contributed by atoms with Gasteiger partial charge in [0.05, 0.1) is 30.0 Å². The average molecular weight is 444 g/mol.